The summed E-state index contributed by atoms with van der Waals surface area (Å²) in [5, 5.41) is 9.40. The van der Waals surface area contributed by atoms with Gasteiger partial charge >= 0.3 is 11.8 Å². The Balaban J connectivity index is 1.66. The molecule has 0 spiro atoms. The topological polar surface area (TPSA) is 131 Å². The largest absolute Gasteiger partial charge is 0.497 e. The fraction of sp³-hybridized carbons (Fsp3) is 0.318. The van der Waals surface area contributed by atoms with Gasteiger partial charge in [-0.3, -0.25) is 19.4 Å². The zero-order valence-electron chi connectivity index (χ0n) is 18.4. The second-order valence-corrected chi connectivity index (χ2v) is 7.54. The van der Waals surface area contributed by atoms with Gasteiger partial charge in [0.05, 0.1) is 18.5 Å². The molecule has 168 valence electrons. The number of carbonyl (C=O) groups excluding carboxylic acids is 2. The molecule has 2 amide bonds. The molecule has 0 saturated heterocycles. The number of rotatable bonds is 7. The van der Waals surface area contributed by atoms with Gasteiger partial charge in [-0.25, -0.2) is 4.98 Å². The Morgan fingerprint density at radius 2 is 1.88 bits per heavy atom. The van der Waals surface area contributed by atoms with Crippen molar-refractivity contribution in [1.82, 2.24) is 25.1 Å². The number of carbonyl (C=O) groups is 2. The Labute approximate surface area is 185 Å². The molecule has 0 atom stereocenters. The number of benzene rings is 1. The maximum absolute atomic E-state index is 12.4. The monoisotopic (exact) mass is 438 g/mol. The van der Waals surface area contributed by atoms with Crippen molar-refractivity contribution in [2.75, 3.05) is 19.0 Å². The molecule has 2 aromatic heterocycles. The Kier molecular flexibility index (Phi) is 7.04. The van der Waals surface area contributed by atoms with Crippen LogP contribution in [0.15, 0.2) is 41.2 Å². The molecule has 10 heteroatoms. The van der Waals surface area contributed by atoms with Gasteiger partial charge in [0.1, 0.15) is 11.6 Å². The number of hydrogen-bond acceptors (Lipinski definition) is 6. The average Bonchev–Trinajstić information content (AvgIpc) is 3.13. The number of H-pyrrole nitrogens is 1. The predicted molar refractivity (Wildman–Crippen MR) is 119 cm³/mol. The lowest BCUT2D eigenvalue weighted by molar-refractivity contribution is -0.136. The molecule has 0 radical (unpaired) electrons. The first-order chi connectivity index (χ1) is 15.3. The van der Waals surface area contributed by atoms with Crippen molar-refractivity contribution in [3.63, 3.8) is 0 Å². The maximum Gasteiger partial charge on any atom is 0.314 e. The number of nitrogens with one attached hydrogen (secondary N) is 3. The Morgan fingerprint density at radius 3 is 2.53 bits per heavy atom. The highest BCUT2D eigenvalue weighted by atomic mass is 16.5. The van der Waals surface area contributed by atoms with E-state index >= 15 is 0 Å². The molecule has 3 rings (SSSR count). The van der Waals surface area contributed by atoms with Crippen molar-refractivity contribution >= 4 is 17.6 Å². The molecule has 0 bridgehead atoms. The molecule has 0 aliphatic rings. The second kappa shape index (κ2) is 9.90. The molecule has 3 N–H and O–H groups in total. The number of amides is 2. The first-order valence-corrected chi connectivity index (χ1v) is 10.2. The number of anilines is 1. The first-order valence-electron chi connectivity index (χ1n) is 10.2. The minimum atomic E-state index is -0.844. The number of methoxy groups -OCH3 is 1. The highest BCUT2D eigenvalue weighted by Gasteiger charge is 2.18. The Morgan fingerprint density at radius 1 is 1.16 bits per heavy atom. The summed E-state index contributed by atoms with van der Waals surface area (Å²) >= 11 is 0. The van der Waals surface area contributed by atoms with E-state index in [0.29, 0.717) is 24.4 Å². The van der Waals surface area contributed by atoms with Crippen LogP contribution in [-0.2, 0) is 16.0 Å². The quantitative estimate of drug-likeness (QED) is 0.481. The molecule has 0 aliphatic heterocycles. The smallest absolute Gasteiger partial charge is 0.314 e. The van der Waals surface area contributed by atoms with Crippen molar-refractivity contribution in [2.24, 2.45) is 0 Å². The van der Waals surface area contributed by atoms with E-state index in [1.54, 1.807) is 20.1 Å². The highest BCUT2D eigenvalue weighted by Crippen LogP contribution is 2.16. The molecular formula is C22H26N6O4. The van der Waals surface area contributed by atoms with Gasteiger partial charge in [0, 0.05) is 18.7 Å². The number of aryl methyl sites for hydroxylation is 1. The van der Waals surface area contributed by atoms with Crippen molar-refractivity contribution < 1.29 is 14.3 Å². The summed E-state index contributed by atoms with van der Waals surface area (Å²) in [4.78, 5) is 43.7. The van der Waals surface area contributed by atoms with Gasteiger partial charge < -0.3 is 15.4 Å². The molecule has 0 saturated carbocycles. The SMILES string of the molecule is COc1ccc(CCNC(=O)C(=O)Nc2cc(C)nn2-c2nc(C(C)C)cc(=O)[nH]2)cc1. The molecule has 32 heavy (non-hydrogen) atoms. The van der Waals surface area contributed by atoms with Gasteiger partial charge in [-0.1, -0.05) is 26.0 Å². The fourth-order valence-corrected chi connectivity index (χ4v) is 2.98. The van der Waals surface area contributed by atoms with E-state index in [1.807, 2.05) is 38.1 Å². The van der Waals surface area contributed by atoms with E-state index in [2.05, 4.69) is 25.7 Å². The maximum atomic E-state index is 12.4. The van der Waals surface area contributed by atoms with E-state index in [-0.39, 0.29) is 23.2 Å². The van der Waals surface area contributed by atoms with Crippen molar-refractivity contribution in [3.8, 4) is 11.7 Å². The van der Waals surface area contributed by atoms with Crippen LogP contribution in [0.4, 0.5) is 5.82 Å². The second-order valence-electron chi connectivity index (χ2n) is 7.54. The van der Waals surface area contributed by atoms with E-state index in [9.17, 15) is 14.4 Å². The summed E-state index contributed by atoms with van der Waals surface area (Å²) < 4.78 is 6.41. The van der Waals surface area contributed by atoms with Gasteiger partial charge in [0.2, 0.25) is 5.95 Å². The predicted octanol–water partition coefficient (Wildman–Crippen LogP) is 1.69. The number of nitrogens with zero attached hydrogens (tertiary/aromatic N) is 3. The lowest BCUT2D eigenvalue weighted by Gasteiger charge is -2.10. The lowest BCUT2D eigenvalue weighted by atomic mass is 10.1. The summed E-state index contributed by atoms with van der Waals surface area (Å²) in [6.07, 6.45) is 0.563. The molecule has 10 nitrogen and oxygen atoms in total. The third kappa shape index (κ3) is 5.60. The Hall–Kier alpha value is -3.95. The molecule has 0 unspecified atom stereocenters. The van der Waals surface area contributed by atoms with Crippen LogP contribution in [0.2, 0.25) is 0 Å². The third-order valence-corrected chi connectivity index (χ3v) is 4.68. The molecule has 0 fully saturated rings. The Bertz CT molecular complexity index is 1160. The third-order valence-electron chi connectivity index (χ3n) is 4.68. The normalized spacial score (nSPS) is 10.8. The van der Waals surface area contributed by atoms with Crippen LogP contribution in [0.25, 0.3) is 5.95 Å². The van der Waals surface area contributed by atoms with Crippen LogP contribution in [0.1, 0.15) is 36.7 Å². The molecule has 0 aliphatic carbocycles. The first kappa shape index (κ1) is 22.7. The standard InChI is InChI=1S/C22H26N6O4/c1-13(2)17-12-19(29)26-22(24-17)28-18(11-14(3)27-28)25-21(31)20(30)23-10-9-15-5-7-16(32-4)8-6-15/h5-8,11-13H,9-10H2,1-4H3,(H,23,30)(H,25,31)(H,24,26,29). The number of ether oxygens (including phenoxy) is 1. The van der Waals surface area contributed by atoms with Crippen LogP contribution in [0.3, 0.4) is 0 Å². The van der Waals surface area contributed by atoms with E-state index in [4.69, 9.17) is 4.74 Å². The van der Waals surface area contributed by atoms with Gasteiger partial charge in [0.25, 0.3) is 5.56 Å². The van der Waals surface area contributed by atoms with Gasteiger partial charge in [-0.15, -0.1) is 0 Å². The lowest BCUT2D eigenvalue weighted by Crippen LogP contribution is -2.37. The minimum Gasteiger partial charge on any atom is -0.497 e. The number of aromatic amines is 1. The fourth-order valence-electron chi connectivity index (χ4n) is 2.98. The van der Waals surface area contributed by atoms with Crippen molar-refractivity contribution in [3.05, 3.63) is 63.7 Å². The average molecular weight is 438 g/mol. The van der Waals surface area contributed by atoms with Gasteiger partial charge in [-0.2, -0.15) is 9.78 Å². The number of hydrogen-bond donors (Lipinski definition) is 3. The summed E-state index contributed by atoms with van der Waals surface area (Å²) in [6.45, 7) is 5.85. The zero-order chi connectivity index (χ0) is 23.3. The summed E-state index contributed by atoms with van der Waals surface area (Å²) in [6, 6.07) is 10.5. The molecule has 2 heterocycles. The van der Waals surface area contributed by atoms with E-state index in [1.165, 1.54) is 10.7 Å². The van der Waals surface area contributed by atoms with E-state index in [0.717, 1.165) is 11.3 Å². The molecule has 3 aromatic rings. The van der Waals surface area contributed by atoms with Crippen LogP contribution in [0.5, 0.6) is 5.75 Å². The number of aromatic nitrogens is 4. The van der Waals surface area contributed by atoms with Crippen LogP contribution < -0.4 is 20.9 Å². The van der Waals surface area contributed by atoms with Gasteiger partial charge in [-0.05, 0) is 37.0 Å². The van der Waals surface area contributed by atoms with Gasteiger partial charge in [0.15, 0.2) is 0 Å². The summed E-state index contributed by atoms with van der Waals surface area (Å²) in [5.74, 6) is -0.461. The minimum absolute atomic E-state index is 0.0298. The van der Waals surface area contributed by atoms with Crippen molar-refractivity contribution in [2.45, 2.75) is 33.1 Å². The van der Waals surface area contributed by atoms with E-state index < -0.39 is 11.8 Å². The highest BCUT2D eigenvalue weighted by molar-refractivity contribution is 6.39. The summed E-state index contributed by atoms with van der Waals surface area (Å²) in [7, 11) is 1.59. The van der Waals surface area contributed by atoms with Crippen molar-refractivity contribution in [1.29, 1.82) is 0 Å². The molecule has 1 aromatic carbocycles. The van der Waals surface area contributed by atoms with Crippen LogP contribution >= 0.6 is 0 Å². The van der Waals surface area contributed by atoms with Crippen LogP contribution in [-0.4, -0.2) is 45.2 Å². The summed E-state index contributed by atoms with van der Waals surface area (Å²) in [5.41, 5.74) is 1.84. The zero-order valence-corrected chi connectivity index (χ0v) is 18.4. The molecular weight excluding hydrogens is 412 g/mol. The van der Waals surface area contributed by atoms with Crippen LogP contribution in [0, 0.1) is 6.92 Å².